The van der Waals surface area contributed by atoms with Crippen LogP contribution in [-0.2, 0) is 17.9 Å². The molecule has 3 rings (SSSR count). The van der Waals surface area contributed by atoms with Crippen LogP contribution in [0, 0.1) is 0 Å². The third-order valence-electron chi connectivity index (χ3n) is 4.76. The molecule has 0 unspecified atom stereocenters. The number of hydrogen-bond donors (Lipinski definition) is 0. The number of nitrogens with zero attached hydrogens (tertiary/aromatic N) is 3. The summed E-state index contributed by atoms with van der Waals surface area (Å²) >= 11 is 6.30. The first-order chi connectivity index (χ1) is 14.5. The first-order valence-electron chi connectivity index (χ1n) is 9.86. The number of para-hydroxylation sites is 2. The van der Waals surface area contributed by atoms with Gasteiger partial charge >= 0.3 is 0 Å². The van der Waals surface area contributed by atoms with Gasteiger partial charge in [-0.1, -0.05) is 23.7 Å². The Bertz CT molecular complexity index is 1070. The number of halogens is 1. The minimum absolute atomic E-state index is 0.131. The van der Waals surface area contributed by atoms with Crippen LogP contribution in [0.5, 0.6) is 11.5 Å². The molecule has 7 heteroatoms. The molecule has 0 spiro atoms. The first-order valence-corrected chi connectivity index (χ1v) is 10.2. The molecule has 0 radical (unpaired) electrons. The fraction of sp³-hybridized carbons (Fsp3) is 0.304. The van der Waals surface area contributed by atoms with E-state index in [9.17, 15) is 4.79 Å². The highest BCUT2D eigenvalue weighted by Gasteiger charge is 2.14. The molecule has 3 aromatic rings. The predicted octanol–water partition coefficient (Wildman–Crippen LogP) is 4.79. The Hall–Kier alpha value is -2.99. The maximum Gasteiger partial charge on any atom is 0.246 e. The molecule has 0 saturated heterocycles. The summed E-state index contributed by atoms with van der Waals surface area (Å²) < 4.78 is 13.0. The van der Waals surface area contributed by atoms with Gasteiger partial charge in [-0.05, 0) is 49.8 Å². The summed E-state index contributed by atoms with van der Waals surface area (Å²) in [6, 6.07) is 11.5. The molecule has 0 fully saturated rings. The zero-order valence-electron chi connectivity index (χ0n) is 17.7. The summed E-state index contributed by atoms with van der Waals surface area (Å²) in [5.41, 5.74) is 2.76. The Labute approximate surface area is 181 Å². The number of imidazole rings is 1. The molecule has 0 aliphatic carbocycles. The molecule has 0 bridgehead atoms. The van der Waals surface area contributed by atoms with Gasteiger partial charge in [-0.2, -0.15) is 0 Å². The molecule has 1 amide bonds. The van der Waals surface area contributed by atoms with Gasteiger partial charge < -0.3 is 18.9 Å². The molecule has 0 aliphatic rings. The third-order valence-corrected chi connectivity index (χ3v) is 5.04. The van der Waals surface area contributed by atoms with Crippen LogP contribution in [-0.4, -0.2) is 41.1 Å². The molecule has 0 saturated carbocycles. The fourth-order valence-electron chi connectivity index (χ4n) is 3.30. The average molecular weight is 428 g/mol. The summed E-state index contributed by atoms with van der Waals surface area (Å²) in [6.45, 7) is 5.64. The molecule has 0 aliphatic heterocycles. The van der Waals surface area contributed by atoms with Crippen molar-refractivity contribution < 1.29 is 14.3 Å². The second-order valence-electron chi connectivity index (χ2n) is 6.76. The van der Waals surface area contributed by atoms with Gasteiger partial charge in [0.05, 0.1) is 36.3 Å². The summed E-state index contributed by atoms with van der Waals surface area (Å²) in [5.74, 6) is 1.75. The number of aromatic nitrogens is 2. The maximum atomic E-state index is 12.7. The average Bonchev–Trinajstić information content (AvgIpc) is 3.10. The van der Waals surface area contributed by atoms with E-state index in [1.165, 1.54) is 6.08 Å². The zero-order valence-corrected chi connectivity index (χ0v) is 18.4. The normalized spacial score (nSPS) is 11.2. The molecular weight excluding hydrogens is 402 g/mol. The Morgan fingerprint density at radius 3 is 2.73 bits per heavy atom. The number of likely N-dealkylation sites (N-methyl/N-ethyl adjacent to an activating group) is 1. The van der Waals surface area contributed by atoms with Crippen molar-refractivity contribution in [2.45, 2.75) is 26.9 Å². The number of aryl methyl sites for hydroxylation is 1. The van der Waals surface area contributed by atoms with Crippen LogP contribution in [0.3, 0.4) is 0 Å². The molecule has 6 nitrogen and oxygen atoms in total. The monoisotopic (exact) mass is 427 g/mol. The van der Waals surface area contributed by atoms with E-state index in [1.807, 2.05) is 31.2 Å². The van der Waals surface area contributed by atoms with Gasteiger partial charge in [-0.25, -0.2) is 4.98 Å². The number of benzene rings is 2. The predicted molar refractivity (Wildman–Crippen MR) is 120 cm³/mol. The van der Waals surface area contributed by atoms with Gasteiger partial charge in [-0.15, -0.1) is 0 Å². The van der Waals surface area contributed by atoms with Gasteiger partial charge in [0.2, 0.25) is 5.91 Å². The molecule has 158 valence electrons. The van der Waals surface area contributed by atoms with E-state index in [0.29, 0.717) is 29.7 Å². The lowest BCUT2D eigenvalue weighted by Gasteiger charge is -2.16. The second kappa shape index (κ2) is 9.67. The van der Waals surface area contributed by atoms with E-state index >= 15 is 0 Å². The van der Waals surface area contributed by atoms with Gasteiger partial charge in [-0.3, -0.25) is 4.79 Å². The fourth-order valence-corrected chi connectivity index (χ4v) is 3.58. The number of fused-ring (bicyclic) bond motifs is 1. The van der Waals surface area contributed by atoms with Crippen LogP contribution in [0.25, 0.3) is 17.1 Å². The Kier molecular flexibility index (Phi) is 7.00. The van der Waals surface area contributed by atoms with E-state index in [4.69, 9.17) is 21.1 Å². The molecule has 1 heterocycles. The molecular formula is C23H26ClN3O3. The van der Waals surface area contributed by atoms with E-state index in [0.717, 1.165) is 29.0 Å². The molecule has 2 aromatic carbocycles. The van der Waals surface area contributed by atoms with Crippen molar-refractivity contribution in [1.82, 2.24) is 14.5 Å². The smallest absolute Gasteiger partial charge is 0.246 e. The van der Waals surface area contributed by atoms with E-state index < -0.39 is 0 Å². The van der Waals surface area contributed by atoms with E-state index in [2.05, 4.69) is 16.5 Å². The zero-order chi connectivity index (χ0) is 21.7. The van der Waals surface area contributed by atoms with Gasteiger partial charge in [0.15, 0.2) is 11.5 Å². The summed E-state index contributed by atoms with van der Waals surface area (Å²) in [7, 11) is 3.32. The number of hydrogen-bond acceptors (Lipinski definition) is 4. The highest BCUT2D eigenvalue weighted by molar-refractivity contribution is 6.32. The molecule has 1 aromatic heterocycles. The number of carbonyl (C=O) groups is 1. The number of amides is 1. The van der Waals surface area contributed by atoms with Crippen LogP contribution in [0.15, 0.2) is 42.5 Å². The van der Waals surface area contributed by atoms with Crippen LogP contribution in [0.1, 0.15) is 25.2 Å². The number of rotatable bonds is 8. The second-order valence-corrected chi connectivity index (χ2v) is 7.16. The van der Waals surface area contributed by atoms with Crippen molar-refractivity contribution in [3.8, 4) is 11.5 Å². The van der Waals surface area contributed by atoms with Crippen LogP contribution >= 0.6 is 11.6 Å². The minimum Gasteiger partial charge on any atom is -0.493 e. The van der Waals surface area contributed by atoms with Gasteiger partial charge in [0, 0.05) is 19.7 Å². The van der Waals surface area contributed by atoms with E-state index in [-0.39, 0.29) is 5.91 Å². The van der Waals surface area contributed by atoms with Crippen molar-refractivity contribution in [3.05, 3.63) is 58.9 Å². The standard InChI is InChI=1S/C23H26ClN3O3/c1-5-27-19-10-8-7-9-18(19)25-21(27)15-26(3)22(28)12-11-16-13-17(24)23(30-6-2)20(14-16)29-4/h7-14H,5-6,15H2,1-4H3/b12-11+. The Balaban J connectivity index is 1.76. The lowest BCUT2D eigenvalue weighted by atomic mass is 10.2. The van der Waals surface area contributed by atoms with Crippen LogP contribution in [0.4, 0.5) is 0 Å². The molecule has 0 atom stereocenters. The topological polar surface area (TPSA) is 56.6 Å². The minimum atomic E-state index is -0.131. The first kappa shape index (κ1) is 21.7. The highest BCUT2D eigenvalue weighted by Crippen LogP contribution is 2.36. The van der Waals surface area contributed by atoms with Crippen LogP contribution < -0.4 is 9.47 Å². The van der Waals surface area contributed by atoms with Gasteiger partial charge in [0.1, 0.15) is 5.82 Å². The van der Waals surface area contributed by atoms with Crippen molar-refractivity contribution in [1.29, 1.82) is 0 Å². The largest absolute Gasteiger partial charge is 0.493 e. The quantitative estimate of drug-likeness (QED) is 0.485. The lowest BCUT2D eigenvalue weighted by molar-refractivity contribution is -0.125. The van der Waals surface area contributed by atoms with Crippen molar-refractivity contribution in [3.63, 3.8) is 0 Å². The third kappa shape index (κ3) is 4.60. The van der Waals surface area contributed by atoms with Crippen LogP contribution in [0.2, 0.25) is 5.02 Å². The van der Waals surface area contributed by atoms with Crippen molar-refractivity contribution in [2.24, 2.45) is 0 Å². The number of methoxy groups -OCH3 is 1. The SMILES string of the molecule is CCOc1c(Cl)cc(/C=C/C(=O)N(C)Cc2nc3ccccc3n2CC)cc1OC. The lowest BCUT2D eigenvalue weighted by Crippen LogP contribution is -2.26. The van der Waals surface area contributed by atoms with Crippen molar-refractivity contribution >= 4 is 34.6 Å². The van der Waals surface area contributed by atoms with Gasteiger partial charge in [0.25, 0.3) is 0 Å². The highest BCUT2D eigenvalue weighted by atomic mass is 35.5. The number of carbonyl (C=O) groups excluding carboxylic acids is 1. The summed E-state index contributed by atoms with van der Waals surface area (Å²) in [6.07, 6.45) is 3.23. The molecule has 0 N–H and O–H groups in total. The summed E-state index contributed by atoms with van der Waals surface area (Å²) in [4.78, 5) is 19.0. The van der Waals surface area contributed by atoms with Crippen molar-refractivity contribution in [2.75, 3.05) is 20.8 Å². The van der Waals surface area contributed by atoms with E-state index in [1.54, 1.807) is 37.3 Å². The maximum absolute atomic E-state index is 12.7. The Morgan fingerprint density at radius 1 is 1.27 bits per heavy atom. The molecule has 30 heavy (non-hydrogen) atoms. The Morgan fingerprint density at radius 2 is 2.03 bits per heavy atom. The summed E-state index contributed by atoms with van der Waals surface area (Å²) in [5, 5.41) is 0.438. The number of ether oxygens (including phenoxy) is 2.